The highest BCUT2D eigenvalue weighted by molar-refractivity contribution is 5.98. The van der Waals surface area contributed by atoms with Crippen LogP contribution in [0.15, 0.2) is 73.2 Å². The first kappa shape index (κ1) is 31.4. The number of amides is 3. The summed E-state index contributed by atoms with van der Waals surface area (Å²) in [4.78, 5) is 58.1. The zero-order valence-corrected chi connectivity index (χ0v) is 24.6. The van der Waals surface area contributed by atoms with Crippen LogP contribution < -0.4 is 16.4 Å². The van der Waals surface area contributed by atoms with Crippen LogP contribution in [0.4, 0.5) is 5.82 Å². The van der Waals surface area contributed by atoms with Crippen LogP contribution in [-0.4, -0.2) is 76.0 Å². The molecular formula is C31H38N6O6. The average Bonchev–Trinajstić information content (AvgIpc) is 3.67. The van der Waals surface area contributed by atoms with Crippen LogP contribution in [0, 0.1) is 0 Å². The minimum Gasteiger partial charge on any atom is -0.467 e. The Morgan fingerprint density at radius 3 is 2.40 bits per heavy atom. The number of anilines is 1. The molecule has 0 radical (unpaired) electrons. The van der Waals surface area contributed by atoms with Crippen LogP contribution in [-0.2, 0) is 35.3 Å². The normalized spacial score (nSPS) is 16.3. The number of aromatic nitrogens is 2. The summed E-state index contributed by atoms with van der Waals surface area (Å²) < 4.78 is 12.3. The van der Waals surface area contributed by atoms with Crippen molar-refractivity contribution in [3.63, 3.8) is 0 Å². The lowest BCUT2D eigenvalue weighted by atomic mass is 10.0. The third kappa shape index (κ3) is 8.05. The fraction of sp³-hybridized carbons (Fsp3) is 0.387. The molecule has 2 aromatic carbocycles. The van der Waals surface area contributed by atoms with Crippen molar-refractivity contribution in [3.8, 4) is 0 Å². The second kappa shape index (κ2) is 14.1. The third-order valence-electron chi connectivity index (χ3n) is 7.11. The van der Waals surface area contributed by atoms with Gasteiger partial charge in [0.25, 0.3) is 11.8 Å². The molecule has 12 nitrogen and oxygen atoms in total. The van der Waals surface area contributed by atoms with Crippen molar-refractivity contribution in [2.75, 3.05) is 25.6 Å². The molecule has 1 aliphatic rings. The van der Waals surface area contributed by atoms with Crippen LogP contribution in [0.1, 0.15) is 43.9 Å². The molecule has 3 aromatic rings. The van der Waals surface area contributed by atoms with E-state index in [0.717, 1.165) is 5.56 Å². The molecule has 0 aliphatic carbocycles. The number of ether oxygens (including phenoxy) is 2. The van der Waals surface area contributed by atoms with E-state index in [9.17, 15) is 19.2 Å². The van der Waals surface area contributed by atoms with Crippen LogP contribution in [0.25, 0.3) is 0 Å². The summed E-state index contributed by atoms with van der Waals surface area (Å²) in [6.45, 7) is 3.62. The van der Waals surface area contributed by atoms with E-state index in [1.165, 1.54) is 38.4 Å². The number of nitrogens with zero attached hydrogens (tertiary/aromatic N) is 3. The largest absolute Gasteiger partial charge is 0.467 e. The molecule has 3 unspecified atom stereocenters. The fourth-order valence-corrected chi connectivity index (χ4v) is 4.80. The van der Waals surface area contributed by atoms with E-state index in [1.54, 1.807) is 4.57 Å². The molecule has 1 saturated heterocycles. The van der Waals surface area contributed by atoms with Crippen LogP contribution in [0.5, 0.6) is 0 Å². The summed E-state index contributed by atoms with van der Waals surface area (Å²) >= 11 is 0. The predicted octanol–water partition coefficient (Wildman–Crippen LogP) is 2.01. The molecule has 0 bridgehead atoms. The van der Waals surface area contributed by atoms with E-state index in [4.69, 9.17) is 15.2 Å². The number of benzene rings is 2. The fourth-order valence-electron chi connectivity index (χ4n) is 4.80. The number of likely N-dealkylation sites (tertiary alicyclic amines) is 1. The number of carbonyl (C=O) groups is 4. The Balaban J connectivity index is 1.53. The average molecular weight is 591 g/mol. The Morgan fingerprint density at radius 2 is 1.74 bits per heavy atom. The first-order valence-electron chi connectivity index (χ1n) is 14.1. The van der Waals surface area contributed by atoms with Gasteiger partial charge in [0.05, 0.1) is 32.2 Å². The maximum absolute atomic E-state index is 13.9. The van der Waals surface area contributed by atoms with Crippen LogP contribution in [0.3, 0.4) is 0 Å². The summed E-state index contributed by atoms with van der Waals surface area (Å²) in [5, 5.41) is 5.37. The highest BCUT2D eigenvalue weighted by Crippen LogP contribution is 2.28. The maximum atomic E-state index is 13.9. The molecule has 0 saturated carbocycles. The van der Waals surface area contributed by atoms with Gasteiger partial charge in [-0.25, -0.2) is 9.78 Å². The first-order valence-corrected chi connectivity index (χ1v) is 14.1. The van der Waals surface area contributed by atoms with Crippen molar-refractivity contribution < 1.29 is 28.7 Å². The highest BCUT2D eigenvalue weighted by Gasteiger charge is 2.39. The summed E-state index contributed by atoms with van der Waals surface area (Å²) in [6, 6.07) is 16.0. The summed E-state index contributed by atoms with van der Waals surface area (Å²) in [5.41, 5.74) is 6.32. The number of nitrogens with one attached hydrogen (secondary N) is 2. The van der Waals surface area contributed by atoms with Gasteiger partial charge in [-0.1, -0.05) is 60.7 Å². The Labute approximate surface area is 250 Å². The van der Waals surface area contributed by atoms with Gasteiger partial charge in [-0.2, -0.15) is 0 Å². The van der Waals surface area contributed by atoms with Gasteiger partial charge in [-0.3, -0.25) is 14.4 Å². The maximum Gasteiger partial charge on any atom is 0.328 e. The first-order chi connectivity index (χ1) is 20.6. The Hall–Kier alpha value is -4.55. The van der Waals surface area contributed by atoms with E-state index < -0.39 is 41.4 Å². The molecule has 3 amide bonds. The van der Waals surface area contributed by atoms with Gasteiger partial charge in [0.15, 0.2) is 5.82 Å². The predicted molar refractivity (Wildman–Crippen MR) is 158 cm³/mol. The Bertz CT molecular complexity index is 1400. The minimum atomic E-state index is -1.22. The topological polar surface area (TPSA) is 158 Å². The second-order valence-electron chi connectivity index (χ2n) is 11.0. The van der Waals surface area contributed by atoms with E-state index in [-0.39, 0.29) is 24.9 Å². The number of imidazole rings is 1. The van der Waals surface area contributed by atoms with Crippen LogP contribution >= 0.6 is 0 Å². The monoisotopic (exact) mass is 590 g/mol. The summed E-state index contributed by atoms with van der Waals surface area (Å²) in [7, 11) is 1.31. The van der Waals surface area contributed by atoms with Gasteiger partial charge >= 0.3 is 5.97 Å². The quantitative estimate of drug-likeness (QED) is 0.270. The molecular weight excluding hydrogens is 552 g/mol. The lowest BCUT2D eigenvalue weighted by Gasteiger charge is -2.28. The van der Waals surface area contributed by atoms with Gasteiger partial charge in [0.2, 0.25) is 5.91 Å². The van der Waals surface area contributed by atoms with Gasteiger partial charge in [0, 0.05) is 12.7 Å². The molecule has 2 heterocycles. The molecule has 3 atom stereocenters. The van der Waals surface area contributed by atoms with E-state index >= 15 is 0 Å². The number of methoxy groups -OCH3 is 1. The number of hydrogen-bond acceptors (Lipinski definition) is 8. The molecule has 228 valence electrons. The molecule has 43 heavy (non-hydrogen) atoms. The van der Waals surface area contributed by atoms with Gasteiger partial charge in [-0.05, 0) is 37.8 Å². The molecule has 4 N–H and O–H groups in total. The lowest BCUT2D eigenvalue weighted by Crippen LogP contribution is -2.56. The second-order valence-corrected chi connectivity index (χ2v) is 11.0. The molecule has 1 aromatic heterocycles. The lowest BCUT2D eigenvalue weighted by molar-refractivity contribution is -0.151. The number of rotatable bonds is 12. The Kier molecular flexibility index (Phi) is 10.3. The number of nitrogens with two attached hydrogens (primary N) is 1. The van der Waals surface area contributed by atoms with Crippen molar-refractivity contribution in [2.45, 2.75) is 57.0 Å². The van der Waals surface area contributed by atoms with Gasteiger partial charge in [0.1, 0.15) is 18.1 Å². The SMILES string of the molecule is COC(=O)C1CCCN1C(=O)C(c1ccccc1)n1cnc(NC(=O)C(COCc2ccccc2)NC(=O)C(C)(C)N)c1. The number of hydrogen-bond donors (Lipinski definition) is 3. The standard InChI is InChI=1S/C31H38N6O6/c1-31(2,32)30(41)34-23(19-43-18-21-11-6-4-7-12-21)27(38)35-25-17-36(20-33-25)26(22-13-8-5-9-14-22)28(39)37-16-10-15-24(37)29(40)42-3/h4-9,11-14,17,20,23-24,26H,10,15-16,18-19,32H2,1-3H3,(H,34,41)(H,35,38). The zero-order chi connectivity index (χ0) is 31.0. The van der Waals surface area contributed by atoms with Crippen molar-refractivity contribution in [3.05, 3.63) is 84.3 Å². The van der Waals surface area contributed by atoms with E-state index in [0.29, 0.717) is 24.9 Å². The van der Waals surface area contributed by atoms with E-state index in [2.05, 4.69) is 15.6 Å². The highest BCUT2D eigenvalue weighted by atomic mass is 16.5. The molecule has 12 heteroatoms. The van der Waals surface area contributed by atoms with Gasteiger partial charge in [-0.15, -0.1) is 0 Å². The Morgan fingerprint density at radius 1 is 1.07 bits per heavy atom. The van der Waals surface area contributed by atoms with Crippen molar-refractivity contribution in [1.29, 1.82) is 0 Å². The third-order valence-corrected chi connectivity index (χ3v) is 7.11. The van der Waals surface area contributed by atoms with Crippen molar-refractivity contribution in [2.24, 2.45) is 5.73 Å². The molecule has 1 fully saturated rings. The van der Waals surface area contributed by atoms with Crippen molar-refractivity contribution in [1.82, 2.24) is 19.8 Å². The van der Waals surface area contributed by atoms with E-state index in [1.807, 2.05) is 60.7 Å². The molecule has 4 rings (SSSR count). The summed E-state index contributed by atoms with van der Waals surface area (Å²) in [5.74, 6) is -1.68. The summed E-state index contributed by atoms with van der Waals surface area (Å²) in [6.07, 6.45) is 4.17. The van der Waals surface area contributed by atoms with Gasteiger partial charge < -0.3 is 35.3 Å². The van der Waals surface area contributed by atoms with Crippen molar-refractivity contribution >= 4 is 29.5 Å². The molecule has 0 spiro atoms. The minimum absolute atomic E-state index is 0.113. The van der Waals surface area contributed by atoms with Crippen LogP contribution in [0.2, 0.25) is 0 Å². The zero-order valence-electron chi connectivity index (χ0n) is 24.6. The smallest absolute Gasteiger partial charge is 0.328 e. The number of carbonyl (C=O) groups excluding carboxylic acids is 4. The molecule has 1 aliphatic heterocycles. The number of esters is 1.